The van der Waals surface area contributed by atoms with E-state index in [1.165, 1.54) is 18.2 Å². The number of ether oxygens (including phenoxy) is 2. The molecule has 0 N–H and O–H groups in total. The highest BCUT2D eigenvalue weighted by Gasteiger charge is 2.05. The number of nitriles is 1. The molecular formula is C16H12FNO3. The van der Waals surface area contributed by atoms with Gasteiger partial charge in [0, 0.05) is 6.07 Å². The lowest BCUT2D eigenvalue weighted by Gasteiger charge is -2.07. The van der Waals surface area contributed by atoms with E-state index in [9.17, 15) is 9.18 Å². The quantitative estimate of drug-likeness (QED) is 0.793. The molecule has 0 aromatic heterocycles. The van der Waals surface area contributed by atoms with Crippen LogP contribution in [0.5, 0.6) is 5.75 Å². The molecule has 106 valence electrons. The van der Waals surface area contributed by atoms with E-state index >= 15 is 0 Å². The first kappa shape index (κ1) is 14.5. The molecule has 0 atom stereocenters. The van der Waals surface area contributed by atoms with Gasteiger partial charge in [0.15, 0.2) is 6.61 Å². The molecule has 0 spiro atoms. The van der Waals surface area contributed by atoms with Gasteiger partial charge in [0.2, 0.25) is 0 Å². The summed E-state index contributed by atoms with van der Waals surface area (Å²) >= 11 is 0. The molecule has 0 aliphatic rings. The molecule has 2 rings (SSSR count). The van der Waals surface area contributed by atoms with E-state index in [0.29, 0.717) is 5.56 Å². The van der Waals surface area contributed by atoms with Gasteiger partial charge in [0.25, 0.3) is 0 Å². The predicted molar refractivity (Wildman–Crippen MR) is 72.8 cm³/mol. The van der Waals surface area contributed by atoms with Crippen LogP contribution in [0, 0.1) is 17.1 Å². The van der Waals surface area contributed by atoms with Crippen LogP contribution < -0.4 is 4.74 Å². The maximum atomic E-state index is 12.9. The summed E-state index contributed by atoms with van der Waals surface area (Å²) in [7, 11) is 0. The number of carbonyl (C=O) groups is 1. The molecule has 0 aliphatic carbocycles. The van der Waals surface area contributed by atoms with Gasteiger partial charge >= 0.3 is 5.97 Å². The van der Waals surface area contributed by atoms with Gasteiger partial charge < -0.3 is 9.47 Å². The number of benzene rings is 2. The molecule has 0 saturated carbocycles. The van der Waals surface area contributed by atoms with Crippen LogP contribution in [0.3, 0.4) is 0 Å². The zero-order chi connectivity index (χ0) is 15.1. The first-order valence-corrected chi connectivity index (χ1v) is 6.20. The Hall–Kier alpha value is -2.87. The molecule has 2 aromatic carbocycles. The fourth-order valence-electron chi connectivity index (χ4n) is 1.58. The molecule has 0 fully saturated rings. The topological polar surface area (TPSA) is 59.3 Å². The first-order chi connectivity index (χ1) is 10.2. The molecule has 0 amide bonds. The normalized spacial score (nSPS) is 9.71. The standard InChI is InChI=1S/C16H12FNO3/c17-14-2-1-3-15(8-14)20-11-16(19)21-10-13-6-4-12(9-18)5-7-13/h1-8H,10-11H2. The van der Waals surface area contributed by atoms with E-state index < -0.39 is 11.8 Å². The van der Waals surface area contributed by atoms with Crippen molar-refractivity contribution in [2.24, 2.45) is 0 Å². The van der Waals surface area contributed by atoms with Crippen molar-refractivity contribution in [2.75, 3.05) is 6.61 Å². The van der Waals surface area contributed by atoms with Crippen LogP contribution in [0.1, 0.15) is 11.1 Å². The van der Waals surface area contributed by atoms with Crippen molar-refractivity contribution in [3.05, 3.63) is 65.5 Å². The lowest BCUT2D eigenvalue weighted by Crippen LogP contribution is -2.14. The second-order valence-corrected chi connectivity index (χ2v) is 4.22. The highest BCUT2D eigenvalue weighted by molar-refractivity contribution is 5.71. The number of hydrogen-bond donors (Lipinski definition) is 0. The van der Waals surface area contributed by atoms with Gasteiger partial charge in [-0.05, 0) is 29.8 Å². The number of rotatable bonds is 5. The van der Waals surface area contributed by atoms with Crippen LogP contribution in [-0.2, 0) is 16.1 Å². The van der Waals surface area contributed by atoms with E-state index in [-0.39, 0.29) is 19.0 Å². The van der Waals surface area contributed by atoms with Crippen LogP contribution in [0.2, 0.25) is 0 Å². The Bertz CT molecular complexity index is 662. The minimum atomic E-state index is -0.552. The molecule has 0 unspecified atom stereocenters. The van der Waals surface area contributed by atoms with E-state index in [2.05, 4.69) is 0 Å². The lowest BCUT2D eigenvalue weighted by atomic mass is 10.2. The molecular weight excluding hydrogens is 273 g/mol. The van der Waals surface area contributed by atoms with Gasteiger partial charge in [-0.15, -0.1) is 0 Å². The maximum Gasteiger partial charge on any atom is 0.344 e. The average molecular weight is 285 g/mol. The van der Waals surface area contributed by atoms with Crippen LogP contribution >= 0.6 is 0 Å². The van der Waals surface area contributed by atoms with Crippen molar-refractivity contribution >= 4 is 5.97 Å². The van der Waals surface area contributed by atoms with Crippen molar-refractivity contribution in [1.29, 1.82) is 5.26 Å². The van der Waals surface area contributed by atoms with Crippen molar-refractivity contribution in [1.82, 2.24) is 0 Å². The Balaban J connectivity index is 1.78. The monoisotopic (exact) mass is 285 g/mol. The van der Waals surface area contributed by atoms with Crippen LogP contribution in [-0.4, -0.2) is 12.6 Å². The highest BCUT2D eigenvalue weighted by atomic mass is 19.1. The third-order valence-electron chi connectivity index (χ3n) is 2.64. The first-order valence-electron chi connectivity index (χ1n) is 6.20. The summed E-state index contributed by atoms with van der Waals surface area (Å²) in [6.07, 6.45) is 0. The van der Waals surface area contributed by atoms with Crippen molar-refractivity contribution in [2.45, 2.75) is 6.61 Å². The van der Waals surface area contributed by atoms with Crippen molar-refractivity contribution in [3.8, 4) is 11.8 Å². The van der Waals surface area contributed by atoms with E-state index in [4.69, 9.17) is 14.7 Å². The van der Waals surface area contributed by atoms with Gasteiger partial charge in [-0.3, -0.25) is 0 Å². The summed E-state index contributed by atoms with van der Waals surface area (Å²) in [4.78, 5) is 11.5. The number of halogens is 1. The summed E-state index contributed by atoms with van der Waals surface area (Å²) in [6, 6.07) is 14.2. The molecule has 4 nitrogen and oxygen atoms in total. The minimum absolute atomic E-state index is 0.0943. The third-order valence-corrected chi connectivity index (χ3v) is 2.64. The largest absolute Gasteiger partial charge is 0.482 e. The molecule has 21 heavy (non-hydrogen) atoms. The Labute approximate surface area is 121 Å². The maximum absolute atomic E-state index is 12.9. The van der Waals surface area contributed by atoms with E-state index in [1.807, 2.05) is 6.07 Å². The van der Waals surface area contributed by atoms with Gasteiger partial charge in [-0.25, -0.2) is 9.18 Å². The van der Waals surface area contributed by atoms with Gasteiger partial charge in [0.05, 0.1) is 11.6 Å². The van der Waals surface area contributed by atoms with Gasteiger partial charge in [-0.2, -0.15) is 5.26 Å². The minimum Gasteiger partial charge on any atom is -0.482 e. The van der Waals surface area contributed by atoms with Gasteiger partial charge in [0.1, 0.15) is 18.2 Å². The van der Waals surface area contributed by atoms with Crippen LogP contribution in [0.25, 0.3) is 0 Å². The van der Waals surface area contributed by atoms with E-state index in [1.54, 1.807) is 30.3 Å². The number of hydrogen-bond acceptors (Lipinski definition) is 4. The molecule has 0 radical (unpaired) electrons. The zero-order valence-electron chi connectivity index (χ0n) is 11.1. The molecule has 0 bridgehead atoms. The molecule has 5 heteroatoms. The van der Waals surface area contributed by atoms with Crippen LogP contribution in [0.15, 0.2) is 48.5 Å². The number of carbonyl (C=O) groups excluding carboxylic acids is 1. The van der Waals surface area contributed by atoms with Crippen molar-refractivity contribution < 1.29 is 18.7 Å². The molecule has 0 aliphatic heterocycles. The average Bonchev–Trinajstić information content (AvgIpc) is 2.51. The Morgan fingerprint density at radius 3 is 2.62 bits per heavy atom. The Morgan fingerprint density at radius 2 is 1.95 bits per heavy atom. The van der Waals surface area contributed by atoms with Crippen LogP contribution in [0.4, 0.5) is 4.39 Å². The molecule has 0 heterocycles. The highest BCUT2D eigenvalue weighted by Crippen LogP contribution is 2.12. The van der Waals surface area contributed by atoms with Crippen molar-refractivity contribution in [3.63, 3.8) is 0 Å². The second-order valence-electron chi connectivity index (χ2n) is 4.22. The second kappa shape index (κ2) is 7.06. The zero-order valence-corrected chi connectivity index (χ0v) is 11.1. The summed E-state index contributed by atoms with van der Waals surface area (Å²) in [5.74, 6) is -0.715. The third kappa shape index (κ3) is 4.62. The molecule has 0 saturated heterocycles. The lowest BCUT2D eigenvalue weighted by molar-refractivity contribution is -0.147. The molecule has 2 aromatic rings. The number of nitrogens with zero attached hydrogens (tertiary/aromatic N) is 1. The fourth-order valence-corrected chi connectivity index (χ4v) is 1.58. The number of esters is 1. The van der Waals surface area contributed by atoms with E-state index in [0.717, 1.165) is 5.56 Å². The Morgan fingerprint density at radius 1 is 1.19 bits per heavy atom. The summed E-state index contributed by atoms with van der Waals surface area (Å²) in [5.41, 5.74) is 1.31. The predicted octanol–water partition coefficient (Wildman–Crippen LogP) is 2.82. The summed E-state index contributed by atoms with van der Waals surface area (Å²) in [5, 5.41) is 8.67. The smallest absolute Gasteiger partial charge is 0.344 e. The summed E-state index contributed by atoms with van der Waals surface area (Å²) in [6.45, 7) is -0.198. The Kier molecular flexibility index (Phi) is 4.89. The fraction of sp³-hybridized carbons (Fsp3) is 0.125. The van der Waals surface area contributed by atoms with Gasteiger partial charge in [-0.1, -0.05) is 18.2 Å². The summed E-state index contributed by atoms with van der Waals surface area (Å²) < 4.78 is 23.0. The SMILES string of the molecule is N#Cc1ccc(COC(=O)COc2cccc(F)c2)cc1.